The van der Waals surface area contributed by atoms with Gasteiger partial charge in [-0.05, 0) is 44.5 Å². The van der Waals surface area contributed by atoms with Gasteiger partial charge in [-0.3, -0.25) is 4.79 Å². The van der Waals surface area contributed by atoms with Crippen LogP contribution in [0.2, 0.25) is 0 Å². The number of nitrogens with one attached hydrogen (secondary N) is 2. The van der Waals surface area contributed by atoms with Gasteiger partial charge in [-0.1, -0.05) is 6.07 Å². The zero-order valence-electron chi connectivity index (χ0n) is 15.3. The quantitative estimate of drug-likeness (QED) is 0.760. The number of amides is 1. The molecule has 1 aromatic rings. The summed E-state index contributed by atoms with van der Waals surface area (Å²) in [7, 11) is 1.61. The molecule has 0 saturated carbocycles. The van der Waals surface area contributed by atoms with Crippen LogP contribution < -0.4 is 15.5 Å². The number of anilines is 1. The van der Waals surface area contributed by atoms with Crippen LogP contribution in [0.3, 0.4) is 0 Å². The van der Waals surface area contributed by atoms with E-state index in [1.165, 1.54) is 18.2 Å². The average molecular weight is 426 g/mol. The number of ether oxygens (including phenoxy) is 1. The number of benzene rings is 1. The molecule has 154 valence electrons. The molecule has 1 atom stereocenters. The van der Waals surface area contributed by atoms with Gasteiger partial charge in [0.25, 0.3) is 0 Å². The Balaban J connectivity index is 0.00000182. The van der Waals surface area contributed by atoms with Gasteiger partial charge in [0, 0.05) is 26.2 Å². The number of para-hydroxylation sites is 1. The number of nitrogens with zero attached hydrogens (tertiary/aromatic N) is 1. The highest BCUT2D eigenvalue weighted by atomic mass is 35.5. The van der Waals surface area contributed by atoms with Crippen molar-refractivity contribution in [2.75, 3.05) is 44.8 Å². The first-order chi connectivity index (χ1) is 12.1. The summed E-state index contributed by atoms with van der Waals surface area (Å²) in [5, 5.41) is 6.34. The Labute approximate surface area is 171 Å². The highest BCUT2D eigenvalue weighted by molar-refractivity contribution is 5.85. The largest absolute Gasteiger partial charge is 0.384 e. The van der Waals surface area contributed by atoms with Gasteiger partial charge in [0.2, 0.25) is 5.91 Å². The van der Waals surface area contributed by atoms with Crippen molar-refractivity contribution in [3.05, 3.63) is 29.8 Å². The van der Waals surface area contributed by atoms with Gasteiger partial charge in [-0.2, -0.15) is 0 Å². The smallest absolute Gasteiger partial charge is 0.228 e. The first-order valence-corrected chi connectivity index (χ1v) is 8.75. The molecule has 0 aliphatic carbocycles. The molecule has 2 saturated heterocycles. The molecule has 27 heavy (non-hydrogen) atoms. The number of hydrogen-bond donors (Lipinski definition) is 2. The lowest BCUT2D eigenvalue weighted by atomic mass is 9.78. The average Bonchev–Trinajstić information content (AvgIpc) is 3.04. The second kappa shape index (κ2) is 10.4. The van der Waals surface area contributed by atoms with E-state index in [1.807, 2.05) is 0 Å². The minimum atomic E-state index is -0.568. The fourth-order valence-corrected chi connectivity index (χ4v) is 3.83. The van der Waals surface area contributed by atoms with Crippen LogP contribution >= 0.6 is 24.8 Å². The molecule has 9 heteroatoms. The Kier molecular flexibility index (Phi) is 9.21. The van der Waals surface area contributed by atoms with Gasteiger partial charge in [0.05, 0.1) is 12.0 Å². The van der Waals surface area contributed by atoms with Crippen molar-refractivity contribution in [1.82, 2.24) is 10.6 Å². The number of hydrogen-bond acceptors (Lipinski definition) is 4. The molecule has 0 aromatic heterocycles. The normalized spacial score (nSPS) is 21.1. The molecule has 2 fully saturated rings. The number of rotatable bonds is 5. The minimum Gasteiger partial charge on any atom is -0.384 e. The zero-order chi connectivity index (χ0) is 17.9. The van der Waals surface area contributed by atoms with E-state index in [0.717, 1.165) is 25.9 Å². The maximum absolute atomic E-state index is 14.0. The van der Waals surface area contributed by atoms with E-state index in [4.69, 9.17) is 4.74 Å². The number of methoxy groups -OCH3 is 1. The van der Waals surface area contributed by atoms with Crippen LogP contribution in [0.25, 0.3) is 0 Å². The lowest BCUT2D eigenvalue weighted by molar-refractivity contribution is -0.136. The van der Waals surface area contributed by atoms with Gasteiger partial charge >= 0.3 is 0 Å². The summed E-state index contributed by atoms with van der Waals surface area (Å²) in [6, 6.07) is 3.75. The van der Waals surface area contributed by atoms with Gasteiger partial charge in [0.1, 0.15) is 17.3 Å². The molecule has 0 bridgehead atoms. The molecule has 2 N–H and O–H groups in total. The lowest BCUT2D eigenvalue weighted by Gasteiger charge is -2.36. The van der Waals surface area contributed by atoms with Gasteiger partial charge in [0.15, 0.2) is 0 Å². The van der Waals surface area contributed by atoms with Crippen molar-refractivity contribution in [3.8, 4) is 0 Å². The molecule has 1 amide bonds. The lowest BCUT2D eigenvalue weighted by Crippen LogP contribution is -2.52. The van der Waals surface area contributed by atoms with Crippen LogP contribution in [0.1, 0.15) is 19.3 Å². The summed E-state index contributed by atoms with van der Waals surface area (Å²) in [6.07, 6.45) is 2.12. The Hall–Kier alpha value is -1.15. The molecule has 1 aromatic carbocycles. The van der Waals surface area contributed by atoms with E-state index in [1.54, 1.807) is 12.0 Å². The predicted molar refractivity (Wildman–Crippen MR) is 106 cm³/mol. The fourth-order valence-electron chi connectivity index (χ4n) is 3.83. The van der Waals surface area contributed by atoms with E-state index in [0.29, 0.717) is 26.1 Å². The molecule has 0 spiro atoms. The Morgan fingerprint density at radius 2 is 1.93 bits per heavy atom. The highest BCUT2D eigenvalue weighted by Crippen LogP contribution is 2.31. The first-order valence-electron chi connectivity index (χ1n) is 8.75. The van der Waals surface area contributed by atoms with Crippen molar-refractivity contribution >= 4 is 36.4 Å². The van der Waals surface area contributed by atoms with E-state index in [9.17, 15) is 13.6 Å². The van der Waals surface area contributed by atoms with Crippen molar-refractivity contribution in [2.24, 2.45) is 5.41 Å². The second-order valence-corrected chi connectivity index (χ2v) is 6.94. The molecule has 2 aliphatic rings. The van der Waals surface area contributed by atoms with Crippen LogP contribution in [0, 0.1) is 17.0 Å². The molecule has 2 aliphatic heterocycles. The molecule has 2 heterocycles. The Morgan fingerprint density at radius 3 is 2.52 bits per heavy atom. The number of carbonyl (C=O) groups is 1. The third-order valence-corrected chi connectivity index (χ3v) is 5.24. The van der Waals surface area contributed by atoms with Crippen molar-refractivity contribution in [2.45, 2.75) is 25.3 Å². The molecule has 1 unspecified atom stereocenters. The van der Waals surface area contributed by atoms with Crippen LogP contribution in [-0.2, 0) is 9.53 Å². The predicted octanol–water partition coefficient (Wildman–Crippen LogP) is 2.52. The van der Waals surface area contributed by atoms with Crippen LogP contribution in [0.4, 0.5) is 14.5 Å². The molecule has 3 rings (SSSR count). The van der Waals surface area contributed by atoms with Gasteiger partial charge in [-0.25, -0.2) is 8.78 Å². The van der Waals surface area contributed by atoms with E-state index < -0.39 is 17.0 Å². The zero-order valence-corrected chi connectivity index (χ0v) is 16.9. The van der Waals surface area contributed by atoms with Crippen molar-refractivity contribution in [3.63, 3.8) is 0 Å². The number of halogens is 4. The molecular formula is C18H27Cl2F2N3O2. The Morgan fingerprint density at radius 1 is 1.30 bits per heavy atom. The van der Waals surface area contributed by atoms with Gasteiger partial charge in [-0.15, -0.1) is 24.8 Å². The number of piperidine rings is 1. The fraction of sp³-hybridized carbons (Fsp3) is 0.611. The summed E-state index contributed by atoms with van der Waals surface area (Å²) in [5.74, 6) is -1.15. The Bertz CT molecular complexity index is 605. The topological polar surface area (TPSA) is 53.6 Å². The number of carbonyl (C=O) groups excluding carboxylic acids is 1. The van der Waals surface area contributed by atoms with Crippen LogP contribution in [0.5, 0.6) is 0 Å². The molecular weight excluding hydrogens is 399 g/mol. The maximum atomic E-state index is 14.0. The van der Waals surface area contributed by atoms with E-state index >= 15 is 0 Å². The second-order valence-electron chi connectivity index (χ2n) is 6.94. The first kappa shape index (κ1) is 23.9. The SMILES string of the molecule is COCC1(C(=O)NC2CCN(c3c(F)cccc3F)C2)CCNCC1.Cl.Cl. The molecule has 0 radical (unpaired) electrons. The monoisotopic (exact) mass is 425 g/mol. The highest BCUT2D eigenvalue weighted by Gasteiger charge is 2.41. The van der Waals surface area contributed by atoms with Crippen molar-refractivity contribution in [1.29, 1.82) is 0 Å². The summed E-state index contributed by atoms with van der Waals surface area (Å²) in [5.41, 5.74) is -0.524. The van der Waals surface area contributed by atoms with E-state index in [-0.39, 0.29) is 42.5 Å². The summed E-state index contributed by atoms with van der Waals surface area (Å²) in [6.45, 7) is 2.88. The van der Waals surface area contributed by atoms with Gasteiger partial charge < -0.3 is 20.3 Å². The van der Waals surface area contributed by atoms with Crippen LogP contribution in [0.15, 0.2) is 18.2 Å². The third-order valence-electron chi connectivity index (χ3n) is 5.24. The summed E-state index contributed by atoms with van der Waals surface area (Å²) >= 11 is 0. The third kappa shape index (κ3) is 5.22. The summed E-state index contributed by atoms with van der Waals surface area (Å²) in [4.78, 5) is 14.5. The van der Waals surface area contributed by atoms with E-state index in [2.05, 4.69) is 10.6 Å². The standard InChI is InChI=1S/C18H25F2N3O2.2ClH/c1-25-12-18(6-8-21-9-7-18)17(24)22-13-5-10-23(11-13)16-14(19)3-2-4-15(16)20;;/h2-4,13,21H,5-12H2,1H3,(H,22,24);2*1H. The maximum Gasteiger partial charge on any atom is 0.228 e. The summed E-state index contributed by atoms with van der Waals surface area (Å²) < 4.78 is 33.2. The van der Waals surface area contributed by atoms with Crippen LogP contribution in [-0.4, -0.2) is 51.8 Å². The van der Waals surface area contributed by atoms with Crippen molar-refractivity contribution < 1.29 is 18.3 Å². The minimum absolute atomic E-state index is 0. The molecule has 5 nitrogen and oxygen atoms in total.